The molecule has 1 aliphatic heterocycles. The lowest BCUT2D eigenvalue weighted by atomic mass is 9.99. The third-order valence-electron chi connectivity index (χ3n) is 6.38. The van der Waals surface area contributed by atoms with E-state index in [9.17, 15) is 29.7 Å². The van der Waals surface area contributed by atoms with Gasteiger partial charge < -0.3 is 10.5 Å². The Morgan fingerprint density at radius 3 is 2.38 bits per heavy atom. The quantitative estimate of drug-likeness (QED) is 0.173. The number of anilines is 2. The number of nitrogens with two attached hydrogens (primary N) is 1. The third kappa shape index (κ3) is 5.49. The molecule has 2 amide bonds. The number of Topliss-reactive ketones (excluding diaryl/α,β-unsaturated/α-hetero) is 1. The number of benzene rings is 2. The standard InChI is InChI=1S/C30H19N5O5S2/c31-13-21-26(19-10-11-41-16-19)22(14-32)28(34-27(21)33)42-24-12-25(37)35(29(24)38)20-8-6-18(7-9-20)30(39)40-15-23(36)17-4-2-1-3-5-17/h1-11,16,24H,12,15H2,(H2,33,34). The maximum absolute atomic E-state index is 13.3. The molecule has 2 aromatic heterocycles. The van der Waals surface area contributed by atoms with Crippen LogP contribution in [0.3, 0.4) is 0 Å². The first-order chi connectivity index (χ1) is 20.3. The van der Waals surface area contributed by atoms with E-state index in [0.717, 1.165) is 16.7 Å². The van der Waals surface area contributed by atoms with Crippen LogP contribution in [0.25, 0.3) is 11.1 Å². The van der Waals surface area contributed by atoms with Crippen molar-refractivity contribution in [1.82, 2.24) is 4.98 Å². The molecule has 10 nitrogen and oxygen atoms in total. The van der Waals surface area contributed by atoms with Gasteiger partial charge in [-0.2, -0.15) is 21.9 Å². The Labute approximate surface area is 248 Å². The summed E-state index contributed by atoms with van der Waals surface area (Å²) < 4.78 is 5.12. The number of thioether (sulfide) groups is 1. The summed E-state index contributed by atoms with van der Waals surface area (Å²) in [5, 5.41) is 22.4. The topological polar surface area (TPSA) is 167 Å². The average molecular weight is 594 g/mol. The van der Waals surface area contributed by atoms with Crippen LogP contribution in [0, 0.1) is 22.7 Å². The number of carbonyl (C=O) groups excluding carboxylic acids is 4. The SMILES string of the molecule is N#Cc1c(N)nc(SC2CC(=O)N(c3ccc(C(=O)OCC(=O)c4ccccc4)cc3)C2=O)c(C#N)c1-c1ccsc1. The van der Waals surface area contributed by atoms with Crippen LogP contribution in [-0.2, 0) is 14.3 Å². The number of ether oxygens (including phenoxy) is 1. The minimum Gasteiger partial charge on any atom is -0.454 e. The highest BCUT2D eigenvalue weighted by molar-refractivity contribution is 8.00. The zero-order chi connectivity index (χ0) is 29.8. The summed E-state index contributed by atoms with van der Waals surface area (Å²) in [5.74, 6) is -2.16. The fraction of sp³-hybridized carbons (Fsp3) is 0.100. The fourth-order valence-corrected chi connectivity index (χ4v) is 6.11. The maximum atomic E-state index is 13.3. The summed E-state index contributed by atoms with van der Waals surface area (Å²) in [6.45, 7) is -0.431. The summed E-state index contributed by atoms with van der Waals surface area (Å²) in [6.07, 6.45) is -0.158. The molecule has 1 saturated heterocycles. The molecular formula is C30H19N5O5S2. The van der Waals surface area contributed by atoms with Gasteiger partial charge in [0, 0.05) is 17.5 Å². The normalized spacial score (nSPS) is 14.3. The number of esters is 1. The molecule has 1 atom stereocenters. The minimum atomic E-state index is -0.895. The first-order valence-corrected chi connectivity index (χ1v) is 14.2. The van der Waals surface area contributed by atoms with Gasteiger partial charge in [0.05, 0.1) is 22.1 Å². The van der Waals surface area contributed by atoms with Crippen LogP contribution >= 0.6 is 23.1 Å². The molecule has 2 N–H and O–H groups in total. The summed E-state index contributed by atoms with van der Waals surface area (Å²) in [5.41, 5.74) is 7.97. The zero-order valence-electron chi connectivity index (χ0n) is 21.6. The van der Waals surface area contributed by atoms with Crippen molar-refractivity contribution in [3.8, 4) is 23.3 Å². The number of rotatable bonds is 8. The maximum Gasteiger partial charge on any atom is 0.338 e. The second-order valence-corrected chi connectivity index (χ2v) is 10.9. The number of hydrogen-bond acceptors (Lipinski definition) is 11. The van der Waals surface area contributed by atoms with Gasteiger partial charge in [-0.3, -0.25) is 14.4 Å². The van der Waals surface area contributed by atoms with Gasteiger partial charge in [-0.25, -0.2) is 14.7 Å². The van der Waals surface area contributed by atoms with Crippen LogP contribution in [-0.4, -0.2) is 40.4 Å². The zero-order valence-corrected chi connectivity index (χ0v) is 23.3. The molecule has 0 radical (unpaired) electrons. The van der Waals surface area contributed by atoms with E-state index in [4.69, 9.17) is 10.5 Å². The largest absolute Gasteiger partial charge is 0.454 e. The van der Waals surface area contributed by atoms with E-state index in [1.165, 1.54) is 35.6 Å². The van der Waals surface area contributed by atoms with E-state index in [2.05, 4.69) is 11.1 Å². The van der Waals surface area contributed by atoms with E-state index in [1.54, 1.807) is 47.2 Å². The predicted octanol–water partition coefficient (Wildman–Crippen LogP) is 4.60. The van der Waals surface area contributed by atoms with Crippen molar-refractivity contribution in [2.24, 2.45) is 0 Å². The molecule has 206 valence electrons. The Morgan fingerprint density at radius 1 is 1.02 bits per heavy atom. The summed E-state index contributed by atoms with van der Waals surface area (Å²) in [4.78, 5) is 56.1. The number of thiophene rings is 1. The highest BCUT2D eigenvalue weighted by Gasteiger charge is 2.41. The van der Waals surface area contributed by atoms with E-state index in [1.807, 2.05) is 6.07 Å². The van der Waals surface area contributed by atoms with Crippen LogP contribution in [0.2, 0.25) is 0 Å². The van der Waals surface area contributed by atoms with E-state index in [0.29, 0.717) is 16.7 Å². The van der Waals surface area contributed by atoms with Gasteiger partial charge in [0.25, 0.3) is 0 Å². The molecule has 3 heterocycles. The summed E-state index contributed by atoms with van der Waals surface area (Å²) in [6, 6.07) is 19.9. The Morgan fingerprint density at radius 2 is 1.74 bits per heavy atom. The lowest BCUT2D eigenvalue weighted by molar-refractivity contribution is -0.121. The monoisotopic (exact) mass is 593 g/mol. The Hall–Kier alpha value is -5.30. The number of imide groups is 1. The van der Waals surface area contributed by atoms with Crippen molar-refractivity contribution in [2.75, 3.05) is 17.2 Å². The van der Waals surface area contributed by atoms with Crippen molar-refractivity contribution in [2.45, 2.75) is 16.7 Å². The minimum absolute atomic E-state index is 0.0628. The molecule has 1 unspecified atom stereocenters. The number of aromatic nitrogens is 1. The Balaban J connectivity index is 1.31. The van der Waals surface area contributed by atoms with Gasteiger partial charge in [-0.1, -0.05) is 42.1 Å². The van der Waals surface area contributed by atoms with E-state index in [-0.39, 0.29) is 45.4 Å². The van der Waals surface area contributed by atoms with Crippen molar-refractivity contribution in [3.05, 3.63) is 93.7 Å². The molecule has 42 heavy (non-hydrogen) atoms. The Bertz CT molecular complexity index is 1790. The molecule has 5 rings (SSSR count). The average Bonchev–Trinajstić information content (AvgIpc) is 3.63. The lowest BCUT2D eigenvalue weighted by Gasteiger charge is -2.16. The molecule has 0 saturated carbocycles. The van der Waals surface area contributed by atoms with E-state index >= 15 is 0 Å². The first-order valence-electron chi connectivity index (χ1n) is 12.4. The number of amides is 2. The fourth-order valence-electron chi connectivity index (χ4n) is 4.35. The van der Waals surface area contributed by atoms with Gasteiger partial charge in [-0.05, 0) is 46.7 Å². The molecule has 1 fully saturated rings. The summed E-state index contributed by atoms with van der Waals surface area (Å²) in [7, 11) is 0. The number of ketones is 1. The Kier molecular flexibility index (Phi) is 8.11. The van der Waals surface area contributed by atoms with Crippen LogP contribution < -0.4 is 10.6 Å². The van der Waals surface area contributed by atoms with Crippen LogP contribution in [0.5, 0.6) is 0 Å². The molecule has 12 heteroatoms. The van der Waals surface area contributed by atoms with Crippen molar-refractivity contribution >= 4 is 58.2 Å². The smallest absolute Gasteiger partial charge is 0.338 e. The number of nitrogen functional groups attached to an aromatic ring is 1. The van der Waals surface area contributed by atoms with Crippen LogP contribution in [0.1, 0.15) is 38.3 Å². The van der Waals surface area contributed by atoms with Crippen molar-refractivity contribution in [3.63, 3.8) is 0 Å². The van der Waals surface area contributed by atoms with Gasteiger partial charge in [0.1, 0.15) is 28.5 Å². The second-order valence-electron chi connectivity index (χ2n) is 8.95. The molecule has 0 spiro atoms. The number of hydrogen-bond donors (Lipinski definition) is 1. The third-order valence-corrected chi connectivity index (χ3v) is 8.23. The number of carbonyl (C=O) groups is 4. The second kappa shape index (κ2) is 12.1. The molecule has 2 aromatic carbocycles. The molecule has 0 bridgehead atoms. The van der Waals surface area contributed by atoms with Crippen molar-refractivity contribution in [1.29, 1.82) is 10.5 Å². The molecule has 0 aliphatic carbocycles. The van der Waals surface area contributed by atoms with Gasteiger partial charge in [0.15, 0.2) is 12.4 Å². The predicted molar refractivity (Wildman–Crippen MR) is 156 cm³/mol. The number of nitriles is 2. The van der Waals surface area contributed by atoms with Crippen molar-refractivity contribution < 1.29 is 23.9 Å². The molecule has 1 aliphatic rings. The summed E-state index contributed by atoms with van der Waals surface area (Å²) >= 11 is 2.32. The number of nitrogens with zero attached hydrogens (tertiary/aromatic N) is 4. The van der Waals surface area contributed by atoms with Crippen LogP contribution in [0.15, 0.2) is 76.4 Å². The number of pyridine rings is 1. The first kappa shape index (κ1) is 28.2. The molecule has 4 aromatic rings. The van der Waals surface area contributed by atoms with E-state index < -0.39 is 29.6 Å². The highest BCUT2D eigenvalue weighted by atomic mass is 32.2. The van der Waals surface area contributed by atoms with Gasteiger partial charge in [-0.15, -0.1) is 0 Å². The van der Waals surface area contributed by atoms with Gasteiger partial charge in [0.2, 0.25) is 11.8 Å². The highest BCUT2D eigenvalue weighted by Crippen LogP contribution is 2.40. The molecular weight excluding hydrogens is 574 g/mol. The van der Waals surface area contributed by atoms with Crippen LogP contribution in [0.4, 0.5) is 11.5 Å². The lowest BCUT2D eigenvalue weighted by Crippen LogP contribution is -2.31. The van der Waals surface area contributed by atoms with Gasteiger partial charge >= 0.3 is 5.97 Å².